The first-order valence-corrected chi connectivity index (χ1v) is 7.60. The summed E-state index contributed by atoms with van der Waals surface area (Å²) in [6.45, 7) is 6.50. The summed E-state index contributed by atoms with van der Waals surface area (Å²) in [7, 11) is 0. The minimum Gasteiger partial charge on any atom is -0.494 e. The van der Waals surface area contributed by atoms with E-state index in [2.05, 4.69) is 10.5 Å². The average molecular weight is 302 g/mol. The third-order valence-electron chi connectivity index (χ3n) is 3.08. The number of carbonyl (C=O) groups is 1. The van der Waals surface area contributed by atoms with Crippen molar-refractivity contribution < 1.29 is 9.53 Å². The lowest BCUT2D eigenvalue weighted by Crippen LogP contribution is -2.17. The topological polar surface area (TPSA) is 50.7 Å². The first kappa shape index (κ1) is 15.3. The lowest BCUT2D eigenvalue weighted by Gasteiger charge is -2.03. The zero-order valence-corrected chi connectivity index (χ0v) is 13.2. The summed E-state index contributed by atoms with van der Waals surface area (Å²) in [6, 6.07) is 7.55. The van der Waals surface area contributed by atoms with Crippen molar-refractivity contribution in [2.24, 2.45) is 5.10 Å². The van der Waals surface area contributed by atoms with E-state index >= 15 is 0 Å². The Morgan fingerprint density at radius 3 is 2.90 bits per heavy atom. The zero-order valence-electron chi connectivity index (χ0n) is 12.3. The average Bonchev–Trinajstić information content (AvgIpc) is 2.80. The maximum atomic E-state index is 12.0. The Morgan fingerprint density at radius 2 is 2.24 bits per heavy atom. The van der Waals surface area contributed by atoms with E-state index in [1.807, 2.05) is 50.4 Å². The van der Waals surface area contributed by atoms with Crippen molar-refractivity contribution in [1.29, 1.82) is 0 Å². The van der Waals surface area contributed by atoms with E-state index < -0.39 is 0 Å². The van der Waals surface area contributed by atoms with Gasteiger partial charge in [-0.1, -0.05) is 12.1 Å². The van der Waals surface area contributed by atoms with Crippen molar-refractivity contribution in [3.8, 4) is 5.75 Å². The molecular weight excluding hydrogens is 284 g/mol. The standard InChI is InChI=1S/C16H18N2O2S/c1-4-20-14-7-5-6-13(8-14)9-17-18-16(19)15-10-21-12(3)11(15)2/h5-10H,4H2,1-3H3,(H,18,19)/b17-9+. The molecule has 1 aromatic heterocycles. The maximum absolute atomic E-state index is 12.0. The molecule has 0 aliphatic carbocycles. The van der Waals surface area contributed by atoms with Crippen LogP contribution in [0.1, 0.15) is 33.3 Å². The molecule has 0 unspecified atom stereocenters. The second-order valence-electron chi connectivity index (χ2n) is 4.54. The molecule has 110 valence electrons. The van der Waals surface area contributed by atoms with E-state index in [0.717, 1.165) is 21.8 Å². The van der Waals surface area contributed by atoms with E-state index in [1.165, 1.54) is 0 Å². The van der Waals surface area contributed by atoms with Gasteiger partial charge in [0.25, 0.3) is 5.91 Å². The molecule has 0 fully saturated rings. The lowest BCUT2D eigenvalue weighted by atomic mass is 10.2. The molecule has 4 nitrogen and oxygen atoms in total. The highest BCUT2D eigenvalue weighted by atomic mass is 32.1. The van der Waals surface area contributed by atoms with Crippen LogP contribution in [0.4, 0.5) is 0 Å². The number of hydrogen-bond donors (Lipinski definition) is 1. The molecule has 1 amide bonds. The van der Waals surface area contributed by atoms with Crippen LogP contribution in [0.2, 0.25) is 0 Å². The van der Waals surface area contributed by atoms with Crippen molar-refractivity contribution in [2.45, 2.75) is 20.8 Å². The number of hydrogen-bond acceptors (Lipinski definition) is 4. The van der Waals surface area contributed by atoms with Gasteiger partial charge in [-0.05, 0) is 44.0 Å². The summed E-state index contributed by atoms with van der Waals surface area (Å²) < 4.78 is 5.41. The SMILES string of the molecule is CCOc1cccc(/C=N/NC(=O)c2csc(C)c2C)c1. The third-order valence-corrected chi connectivity index (χ3v) is 4.09. The van der Waals surface area contributed by atoms with Crippen LogP contribution in [0.25, 0.3) is 0 Å². The Morgan fingerprint density at radius 1 is 1.43 bits per heavy atom. The van der Waals surface area contributed by atoms with E-state index in [9.17, 15) is 4.79 Å². The maximum Gasteiger partial charge on any atom is 0.272 e. The summed E-state index contributed by atoms with van der Waals surface area (Å²) in [4.78, 5) is 13.1. The number of hydrazone groups is 1. The van der Waals surface area contributed by atoms with Gasteiger partial charge in [0, 0.05) is 10.3 Å². The molecule has 0 saturated heterocycles. The summed E-state index contributed by atoms with van der Waals surface area (Å²) in [5.41, 5.74) is 5.11. The smallest absolute Gasteiger partial charge is 0.272 e. The van der Waals surface area contributed by atoms with Crippen LogP contribution >= 0.6 is 11.3 Å². The van der Waals surface area contributed by atoms with Crippen LogP contribution in [0.3, 0.4) is 0 Å². The fourth-order valence-electron chi connectivity index (χ4n) is 1.81. The Bertz CT molecular complexity index is 662. The van der Waals surface area contributed by atoms with Gasteiger partial charge in [-0.15, -0.1) is 11.3 Å². The molecule has 0 radical (unpaired) electrons. The Balaban J connectivity index is 2.00. The molecule has 2 aromatic rings. The molecule has 1 N–H and O–H groups in total. The van der Waals surface area contributed by atoms with Gasteiger partial charge in [0.2, 0.25) is 0 Å². The summed E-state index contributed by atoms with van der Waals surface area (Å²) in [5.74, 6) is 0.603. The van der Waals surface area contributed by atoms with Crippen molar-refractivity contribution in [3.05, 3.63) is 51.2 Å². The zero-order chi connectivity index (χ0) is 15.2. The number of nitrogens with one attached hydrogen (secondary N) is 1. The van der Waals surface area contributed by atoms with Crippen LogP contribution in [0.5, 0.6) is 5.75 Å². The van der Waals surface area contributed by atoms with Crippen LogP contribution < -0.4 is 10.2 Å². The number of amides is 1. The molecule has 0 bridgehead atoms. The first-order chi connectivity index (χ1) is 10.1. The van der Waals surface area contributed by atoms with E-state index in [4.69, 9.17) is 4.74 Å². The fraction of sp³-hybridized carbons (Fsp3) is 0.250. The van der Waals surface area contributed by atoms with Gasteiger partial charge >= 0.3 is 0 Å². The van der Waals surface area contributed by atoms with E-state index in [0.29, 0.717) is 12.2 Å². The molecule has 0 aliphatic rings. The Kier molecular flexibility index (Phi) is 5.11. The minimum atomic E-state index is -0.186. The van der Waals surface area contributed by atoms with E-state index in [1.54, 1.807) is 17.6 Å². The second-order valence-corrected chi connectivity index (χ2v) is 5.62. The molecule has 21 heavy (non-hydrogen) atoms. The predicted octanol–water partition coefficient (Wildman–Crippen LogP) is 3.53. The Labute approximate surface area is 128 Å². The van der Waals surface area contributed by atoms with Crippen molar-refractivity contribution in [2.75, 3.05) is 6.61 Å². The van der Waals surface area contributed by atoms with Crippen LogP contribution in [-0.4, -0.2) is 18.7 Å². The second kappa shape index (κ2) is 7.04. The molecule has 0 spiro atoms. The highest BCUT2D eigenvalue weighted by Crippen LogP contribution is 2.20. The van der Waals surface area contributed by atoms with Crippen molar-refractivity contribution in [1.82, 2.24) is 5.43 Å². The number of benzene rings is 1. The van der Waals surface area contributed by atoms with Crippen LogP contribution in [0.15, 0.2) is 34.7 Å². The largest absolute Gasteiger partial charge is 0.494 e. The van der Waals surface area contributed by atoms with E-state index in [-0.39, 0.29) is 5.91 Å². The number of nitrogens with zero attached hydrogens (tertiary/aromatic N) is 1. The summed E-state index contributed by atoms with van der Waals surface area (Å²) >= 11 is 1.57. The molecule has 1 aromatic carbocycles. The number of rotatable bonds is 5. The number of aryl methyl sites for hydroxylation is 1. The first-order valence-electron chi connectivity index (χ1n) is 6.72. The highest BCUT2D eigenvalue weighted by Gasteiger charge is 2.11. The van der Waals surface area contributed by atoms with Gasteiger partial charge in [-0.25, -0.2) is 5.43 Å². The highest BCUT2D eigenvalue weighted by molar-refractivity contribution is 7.10. The van der Waals surface area contributed by atoms with Crippen molar-refractivity contribution >= 4 is 23.5 Å². The van der Waals surface area contributed by atoms with Gasteiger partial charge < -0.3 is 4.74 Å². The number of thiophene rings is 1. The molecule has 5 heteroatoms. The number of carbonyl (C=O) groups excluding carboxylic acids is 1. The molecule has 0 aliphatic heterocycles. The Hall–Kier alpha value is -2.14. The van der Waals surface area contributed by atoms with Crippen molar-refractivity contribution in [3.63, 3.8) is 0 Å². The predicted molar refractivity (Wildman–Crippen MR) is 86.5 cm³/mol. The lowest BCUT2D eigenvalue weighted by molar-refractivity contribution is 0.0955. The number of ether oxygens (including phenoxy) is 1. The fourth-order valence-corrected chi connectivity index (χ4v) is 2.68. The molecule has 0 saturated carbocycles. The molecular formula is C16H18N2O2S. The molecule has 0 atom stereocenters. The van der Waals surface area contributed by atoms with Gasteiger partial charge in [0.15, 0.2) is 0 Å². The normalized spacial score (nSPS) is 10.8. The summed E-state index contributed by atoms with van der Waals surface area (Å²) in [5, 5.41) is 5.85. The quantitative estimate of drug-likeness (QED) is 0.678. The van der Waals surface area contributed by atoms with Gasteiger partial charge in [0.1, 0.15) is 5.75 Å². The summed E-state index contributed by atoms with van der Waals surface area (Å²) in [6.07, 6.45) is 1.61. The third kappa shape index (κ3) is 3.92. The monoisotopic (exact) mass is 302 g/mol. The minimum absolute atomic E-state index is 0.186. The van der Waals surface area contributed by atoms with Gasteiger partial charge in [0.05, 0.1) is 18.4 Å². The molecule has 2 rings (SSSR count). The van der Waals surface area contributed by atoms with Gasteiger partial charge in [-0.2, -0.15) is 5.10 Å². The van der Waals surface area contributed by atoms with Gasteiger partial charge in [-0.3, -0.25) is 4.79 Å². The van der Waals surface area contributed by atoms with Crippen LogP contribution in [0, 0.1) is 13.8 Å². The van der Waals surface area contributed by atoms with Crippen LogP contribution in [-0.2, 0) is 0 Å². The molecule has 1 heterocycles.